The summed E-state index contributed by atoms with van der Waals surface area (Å²) in [4.78, 5) is 66.6. The van der Waals surface area contributed by atoms with E-state index in [-0.39, 0.29) is 37.9 Å². The van der Waals surface area contributed by atoms with E-state index in [0.717, 1.165) is 24.1 Å². The van der Waals surface area contributed by atoms with Crippen molar-refractivity contribution in [2.75, 3.05) is 19.7 Å². The molecule has 1 saturated carbocycles. The highest BCUT2D eigenvalue weighted by molar-refractivity contribution is 7.13. The van der Waals surface area contributed by atoms with Gasteiger partial charge in [-0.05, 0) is 77.0 Å². The molecule has 266 valence electrons. The van der Waals surface area contributed by atoms with Crippen LogP contribution in [0.5, 0.6) is 5.88 Å². The Bertz CT molecular complexity index is 1760. The third kappa shape index (κ3) is 7.85. The number of carbonyl (C=O) groups is 4. The molecule has 2 aliphatic heterocycles. The molecular weight excluding hydrogens is 660 g/mol. The first-order valence-corrected chi connectivity index (χ1v) is 18.1. The Morgan fingerprint density at radius 2 is 1.86 bits per heavy atom. The number of benzene rings is 1. The van der Waals surface area contributed by atoms with Gasteiger partial charge in [-0.1, -0.05) is 36.8 Å². The molecule has 1 saturated heterocycles. The Hall–Kier alpha value is -4.72. The van der Waals surface area contributed by atoms with Gasteiger partial charge in [-0.15, -0.1) is 11.3 Å². The Kier molecular flexibility index (Phi) is 10.3. The van der Waals surface area contributed by atoms with Crippen LogP contribution in [0.1, 0.15) is 66.2 Å². The number of rotatable bonds is 6. The van der Waals surface area contributed by atoms with E-state index in [9.17, 15) is 19.2 Å². The lowest BCUT2D eigenvalue weighted by Gasteiger charge is -2.32. The van der Waals surface area contributed by atoms with Gasteiger partial charge in [0.05, 0.1) is 29.1 Å². The number of hydrogen-bond donors (Lipinski definition) is 2. The minimum atomic E-state index is -1.22. The molecule has 2 fully saturated rings. The summed E-state index contributed by atoms with van der Waals surface area (Å²) in [7, 11) is 0. The molecule has 13 nitrogen and oxygen atoms in total. The number of nitrogens with zero attached hydrogens (tertiary/aromatic N) is 4. The number of nitrogens with one attached hydrogen (secondary N) is 2. The standard InChI is InChI=1S/C36H44N6O7S/c1-5-47-32(44)36-21-23(36)14-9-7-6-8-12-18-42(40-33(45)49-35(2,3)4)34(46)41-22-24(20-27(41)30(43)39-36)48-31-29(28-17-13-19-50-28)37-25-15-10-11-16-26(25)38-31/h9-11,13-17,19,23-24,27H,5-8,12,18,20-22H2,1-4H3,(H,39,43)(H,40,45)/t23-,24-,27+,36-/m1/s1. The molecule has 1 aliphatic carbocycles. The van der Waals surface area contributed by atoms with E-state index < -0.39 is 47.3 Å². The summed E-state index contributed by atoms with van der Waals surface area (Å²) < 4.78 is 17.4. The fourth-order valence-electron chi connectivity index (χ4n) is 6.39. The Morgan fingerprint density at radius 3 is 2.58 bits per heavy atom. The molecule has 1 aromatic carbocycles. The zero-order chi connectivity index (χ0) is 35.5. The number of hydrogen-bond acceptors (Lipinski definition) is 10. The maximum absolute atomic E-state index is 14.4. The lowest BCUT2D eigenvalue weighted by Crippen LogP contribution is -2.58. The second-order valence-electron chi connectivity index (χ2n) is 13.8. The number of esters is 1. The van der Waals surface area contributed by atoms with Crippen LogP contribution >= 0.6 is 11.3 Å². The molecule has 0 radical (unpaired) electrons. The SMILES string of the molecule is CCOC(=O)[C@@]12C[C@H]1C=CCCCCCN(NC(=O)OC(C)(C)C)C(=O)N1C[C@H](Oc3nc4ccccc4nc3-c3cccs3)C[C@H]1C(=O)N2. The molecule has 2 N–H and O–H groups in total. The number of thiophene rings is 1. The second-order valence-corrected chi connectivity index (χ2v) is 14.8. The lowest BCUT2D eigenvalue weighted by molar-refractivity contribution is -0.149. The van der Waals surface area contributed by atoms with Gasteiger partial charge in [-0.3, -0.25) is 4.79 Å². The van der Waals surface area contributed by atoms with E-state index in [1.54, 1.807) is 27.7 Å². The van der Waals surface area contributed by atoms with Crippen molar-refractivity contribution >= 4 is 46.4 Å². The van der Waals surface area contributed by atoms with Crippen LogP contribution < -0.4 is 15.5 Å². The molecule has 4 amide bonds. The number of para-hydroxylation sites is 2. The number of hydrazine groups is 1. The smallest absolute Gasteiger partial charge is 0.426 e. The molecule has 2 aromatic heterocycles. The minimum absolute atomic E-state index is 0.0115. The highest BCUT2D eigenvalue weighted by Gasteiger charge is 2.62. The first-order chi connectivity index (χ1) is 24.0. The molecule has 0 spiro atoms. The summed E-state index contributed by atoms with van der Waals surface area (Å²) in [5.41, 5.74) is 2.51. The summed E-state index contributed by atoms with van der Waals surface area (Å²) in [6.07, 6.45) is 6.07. The van der Waals surface area contributed by atoms with E-state index in [0.29, 0.717) is 29.6 Å². The lowest BCUT2D eigenvalue weighted by atomic mass is 10.1. The zero-order valence-electron chi connectivity index (χ0n) is 28.8. The predicted octanol–water partition coefficient (Wildman–Crippen LogP) is 5.61. The van der Waals surface area contributed by atoms with Crippen molar-refractivity contribution in [2.24, 2.45) is 5.92 Å². The molecule has 0 bridgehead atoms. The van der Waals surface area contributed by atoms with Gasteiger partial charge in [0.15, 0.2) is 0 Å². The summed E-state index contributed by atoms with van der Waals surface area (Å²) >= 11 is 1.50. The van der Waals surface area contributed by atoms with Crippen molar-refractivity contribution in [3.05, 3.63) is 53.9 Å². The van der Waals surface area contributed by atoms with Gasteiger partial charge in [-0.2, -0.15) is 0 Å². The number of fused-ring (bicyclic) bond motifs is 3. The van der Waals surface area contributed by atoms with Crippen molar-refractivity contribution in [1.82, 2.24) is 30.6 Å². The average molecular weight is 705 g/mol. The molecular formula is C36H44N6O7S. The summed E-state index contributed by atoms with van der Waals surface area (Å²) in [5.74, 6) is -0.953. The molecule has 4 heterocycles. The Morgan fingerprint density at radius 1 is 1.08 bits per heavy atom. The van der Waals surface area contributed by atoms with Crippen molar-refractivity contribution in [1.29, 1.82) is 0 Å². The molecule has 4 atom stereocenters. The molecule has 50 heavy (non-hydrogen) atoms. The topological polar surface area (TPSA) is 152 Å². The molecule has 0 unspecified atom stereocenters. The summed E-state index contributed by atoms with van der Waals surface area (Å²) in [5, 5.41) is 6.12. The fraction of sp³-hybridized carbons (Fsp3) is 0.500. The van der Waals surface area contributed by atoms with E-state index in [1.165, 1.54) is 21.2 Å². The summed E-state index contributed by atoms with van der Waals surface area (Å²) in [6, 6.07) is 9.72. The minimum Gasteiger partial charge on any atom is -0.471 e. The van der Waals surface area contributed by atoms with Crippen LogP contribution in [0.2, 0.25) is 0 Å². The number of allylic oxidation sites excluding steroid dienone is 1. The normalized spacial score (nSPS) is 24.4. The van der Waals surface area contributed by atoms with Crippen molar-refractivity contribution < 1.29 is 33.4 Å². The van der Waals surface area contributed by atoms with Crippen LogP contribution in [0.25, 0.3) is 21.6 Å². The van der Waals surface area contributed by atoms with Gasteiger partial charge in [-0.25, -0.2) is 34.8 Å². The van der Waals surface area contributed by atoms with E-state index in [4.69, 9.17) is 24.2 Å². The van der Waals surface area contributed by atoms with Crippen molar-refractivity contribution in [2.45, 2.75) is 89.5 Å². The molecule has 3 aliphatic rings. The first kappa shape index (κ1) is 35.1. The van der Waals surface area contributed by atoms with Crippen LogP contribution in [-0.2, 0) is 19.1 Å². The third-order valence-corrected chi connectivity index (χ3v) is 9.74. The quantitative estimate of drug-likeness (QED) is 0.246. The van der Waals surface area contributed by atoms with Gasteiger partial charge < -0.3 is 24.4 Å². The van der Waals surface area contributed by atoms with Gasteiger partial charge in [0.1, 0.15) is 29.0 Å². The van der Waals surface area contributed by atoms with Crippen molar-refractivity contribution in [3.8, 4) is 16.5 Å². The van der Waals surface area contributed by atoms with Gasteiger partial charge >= 0.3 is 18.1 Å². The van der Waals surface area contributed by atoms with Crippen LogP contribution in [-0.4, -0.2) is 86.9 Å². The predicted molar refractivity (Wildman–Crippen MR) is 187 cm³/mol. The Labute approximate surface area is 295 Å². The van der Waals surface area contributed by atoms with Gasteiger partial charge in [0.2, 0.25) is 11.8 Å². The van der Waals surface area contributed by atoms with E-state index >= 15 is 0 Å². The molecule has 6 rings (SSSR count). The van der Waals surface area contributed by atoms with Crippen LogP contribution in [0.15, 0.2) is 53.9 Å². The first-order valence-electron chi connectivity index (χ1n) is 17.2. The number of ether oxygens (including phenoxy) is 3. The Balaban J connectivity index is 1.33. The van der Waals surface area contributed by atoms with Gasteiger partial charge in [0, 0.05) is 18.9 Å². The van der Waals surface area contributed by atoms with Crippen LogP contribution in [0.4, 0.5) is 9.59 Å². The maximum Gasteiger partial charge on any atom is 0.426 e. The second kappa shape index (κ2) is 14.6. The van der Waals surface area contributed by atoms with E-state index in [2.05, 4.69) is 10.7 Å². The highest BCUT2D eigenvalue weighted by Crippen LogP contribution is 2.46. The third-order valence-electron chi connectivity index (χ3n) is 8.86. The average Bonchev–Trinajstić information content (AvgIpc) is 3.38. The fourth-order valence-corrected chi connectivity index (χ4v) is 7.09. The monoisotopic (exact) mass is 704 g/mol. The van der Waals surface area contributed by atoms with Gasteiger partial charge in [0.25, 0.3) is 0 Å². The summed E-state index contributed by atoms with van der Waals surface area (Å²) in [6.45, 7) is 7.32. The number of carbonyl (C=O) groups excluding carboxylic acids is 4. The van der Waals surface area contributed by atoms with Crippen LogP contribution in [0, 0.1) is 5.92 Å². The molecule has 14 heteroatoms. The number of urea groups is 1. The zero-order valence-corrected chi connectivity index (χ0v) is 29.7. The number of aromatic nitrogens is 2. The van der Waals surface area contributed by atoms with E-state index in [1.807, 2.05) is 53.9 Å². The largest absolute Gasteiger partial charge is 0.471 e. The maximum atomic E-state index is 14.4. The highest BCUT2D eigenvalue weighted by atomic mass is 32.1. The molecule has 3 aromatic rings. The number of amides is 4. The van der Waals surface area contributed by atoms with Crippen LogP contribution in [0.3, 0.4) is 0 Å². The van der Waals surface area contributed by atoms with Crippen molar-refractivity contribution in [3.63, 3.8) is 0 Å².